The van der Waals surface area contributed by atoms with Gasteiger partial charge in [0.1, 0.15) is 0 Å². The molecule has 0 N–H and O–H groups in total. The minimum atomic E-state index is -4.32. The molecule has 1 aromatic heterocycles. The van der Waals surface area contributed by atoms with Crippen LogP contribution in [-0.2, 0) is 12.6 Å². The van der Waals surface area contributed by atoms with Crippen LogP contribution in [0.15, 0.2) is 23.6 Å². The average Bonchev–Trinajstić information content (AvgIpc) is 2.76. The Hall–Kier alpha value is -1.36. The number of rotatable bonds is 2. The van der Waals surface area contributed by atoms with E-state index in [1.54, 1.807) is 11.4 Å². The molecule has 0 aliphatic carbocycles. The smallest absolute Gasteiger partial charge is 0.241 e. The minimum Gasteiger partial charge on any atom is -0.241 e. The topological polar surface area (TPSA) is 12.9 Å². The Balaban J connectivity index is 2.47. The first-order valence-electron chi connectivity index (χ1n) is 5.54. The first-order valence-corrected chi connectivity index (χ1v) is 6.42. The predicted octanol–water partition coefficient (Wildman–Crippen LogP) is 4.70. The van der Waals surface area contributed by atoms with Gasteiger partial charge >= 0.3 is 6.18 Å². The number of aryl methyl sites for hydroxylation is 2. The second-order valence-corrected chi connectivity index (χ2v) is 4.95. The zero-order valence-corrected chi connectivity index (χ0v) is 10.8. The van der Waals surface area contributed by atoms with Gasteiger partial charge in [-0.25, -0.2) is 4.98 Å². The number of thiazole rings is 1. The van der Waals surface area contributed by atoms with Crippen LogP contribution < -0.4 is 0 Å². The largest absolute Gasteiger partial charge is 0.416 e. The SMILES string of the molecule is CCc1nc(-c2ccc(C)c(C(F)(F)F)c2)cs1. The molecule has 0 aliphatic rings. The summed E-state index contributed by atoms with van der Waals surface area (Å²) in [5, 5.41) is 2.73. The molecule has 0 amide bonds. The van der Waals surface area contributed by atoms with Crippen molar-refractivity contribution in [1.29, 1.82) is 0 Å². The molecule has 0 radical (unpaired) electrons. The molecule has 0 unspecified atom stereocenters. The summed E-state index contributed by atoms with van der Waals surface area (Å²) in [5.74, 6) is 0. The number of nitrogens with zero attached hydrogens (tertiary/aromatic N) is 1. The summed E-state index contributed by atoms with van der Waals surface area (Å²) < 4.78 is 38.4. The summed E-state index contributed by atoms with van der Waals surface area (Å²) in [5.41, 5.74) is 0.773. The van der Waals surface area contributed by atoms with Crippen molar-refractivity contribution in [3.8, 4) is 11.3 Å². The quantitative estimate of drug-likeness (QED) is 0.771. The van der Waals surface area contributed by atoms with Crippen LogP contribution in [0.25, 0.3) is 11.3 Å². The van der Waals surface area contributed by atoms with Gasteiger partial charge in [0.25, 0.3) is 0 Å². The maximum absolute atomic E-state index is 12.8. The van der Waals surface area contributed by atoms with Crippen molar-refractivity contribution in [2.75, 3.05) is 0 Å². The van der Waals surface area contributed by atoms with E-state index in [0.29, 0.717) is 11.3 Å². The lowest BCUT2D eigenvalue weighted by Gasteiger charge is -2.11. The van der Waals surface area contributed by atoms with Crippen LogP contribution in [0.1, 0.15) is 23.1 Å². The Morgan fingerprint density at radius 3 is 2.56 bits per heavy atom. The normalized spacial score (nSPS) is 11.8. The van der Waals surface area contributed by atoms with Crippen LogP contribution in [0.4, 0.5) is 13.2 Å². The highest BCUT2D eigenvalue weighted by molar-refractivity contribution is 7.09. The molecule has 1 nitrogen and oxygen atoms in total. The third-order valence-corrected chi connectivity index (χ3v) is 3.69. The van der Waals surface area contributed by atoms with Gasteiger partial charge in [0, 0.05) is 10.9 Å². The third kappa shape index (κ3) is 2.56. The third-order valence-electron chi connectivity index (χ3n) is 2.69. The van der Waals surface area contributed by atoms with Crippen molar-refractivity contribution < 1.29 is 13.2 Å². The molecular formula is C13H12F3NS. The molecular weight excluding hydrogens is 259 g/mol. The highest BCUT2D eigenvalue weighted by Gasteiger charge is 2.32. The van der Waals surface area contributed by atoms with Crippen LogP contribution in [0.3, 0.4) is 0 Å². The Bertz CT molecular complexity index is 558. The van der Waals surface area contributed by atoms with Crippen molar-refractivity contribution in [3.63, 3.8) is 0 Å². The molecule has 96 valence electrons. The van der Waals surface area contributed by atoms with Crippen LogP contribution in [0, 0.1) is 6.92 Å². The first kappa shape index (κ1) is 13.1. The lowest BCUT2D eigenvalue weighted by Crippen LogP contribution is -2.07. The van der Waals surface area contributed by atoms with Gasteiger partial charge in [-0.3, -0.25) is 0 Å². The van der Waals surface area contributed by atoms with Crippen molar-refractivity contribution >= 4 is 11.3 Å². The summed E-state index contributed by atoms with van der Waals surface area (Å²) in [6.07, 6.45) is -3.52. The highest BCUT2D eigenvalue weighted by atomic mass is 32.1. The van der Waals surface area contributed by atoms with E-state index in [1.807, 2.05) is 6.92 Å². The lowest BCUT2D eigenvalue weighted by atomic mass is 10.0. The molecule has 0 fully saturated rings. The van der Waals surface area contributed by atoms with E-state index in [0.717, 1.165) is 11.4 Å². The zero-order valence-electron chi connectivity index (χ0n) is 10.0. The van der Waals surface area contributed by atoms with E-state index in [1.165, 1.54) is 30.4 Å². The molecule has 0 spiro atoms. The highest BCUT2D eigenvalue weighted by Crippen LogP contribution is 2.34. The van der Waals surface area contributed by atoms with Crippen molar-refractivity contribution in [2.45, 2.75) is 26.4 Å². The van der Waals surface area contributed by atoms with Gasteiger partial charge in [-0.15, -0.1) is 11.3 Å². The lowest BCUT2D eigenvalue weighted by molar-refractivity contribution is -0.138. The minimum absolute atomic E-state index is 0.234. The van der Waals surface area contributed by atoms with E-state index < -0.39 is 11.7 Å². The standard InChI is InChI=1S/C13H12F3NS/c1-3-12-17-11(7-18-12)9-5-4-8(2)10(6-9)13(14,15)16/h4-7H,3H2,1-2H3. The molecule has 0 bridgehead atoms. The van der Waals surface area contributed by atoms with E-state index >= 15 is 0 Å². The summed E-state index contributed by atoms with van der Waals surface area (Å²) >= 11 is 1.47. The van der Waals surface area contributed by atoms with Crippen molar-refractivity contribution in [3.05, 3.63) is 39.7 Å². The molecule has 18 heavy (non-hydrogen) atoms. The van der Waals surface area contributed by atoms with Crippen LogP contribution in [0.2, 0.25) is 0 Å². The number of halogens is 3. The molecule has 0 saturated heterocycles. The number of benzene rings is 1. The van der Waals surface area contributed by atoms with Gasteiger partial charge < -0.3 is 0 Å². The van der Waals surface area contributed by atoms with Crippen LogP contribution in [0.5, 0.6) is 0 Å². The summed E-state index contributed by atoms with van der Waals surface area (Å²) in [7, 11) is 0. The Kier molecular flexibility index (Phi) is 3.43. The summed E-state index contributed by atoms with van der Waals surface area (Å²) in [6.45, 7) is 3.43. The molecule has 5 heteroatoms. The average molecular weight is 271 g/mol. The number of hydrogen-bond acceptors (Lipinski definition) is 2. The zero-order chi connectivity index (χ0) is 13.3. The fraction of sp³-hybridized carbons (Fsp3) is 0.308. The Morgan fingerprint density at radius 1 is 1.28 bits per heavy atom. The van der Waals surface area contributed by atoms with E-state index in [4.69, 9.17) is 0 Å². The van der Waals surface area contributed by atoms with Crippen LogP contribution >= 0.6 is 11.3 Å². The molecule has 1 heterocycles. The van der Waals surface area contributed by atoms with Crippen molar-refractivity contribution in [2.24, 2.45) is 0 Å². The van der Waals surface area contributed by atoms with Gasteiger partial charge in [-0.1, -0.05) is 19.1 Å². The predicted molar refractivity (Wildman–Crippen MR) is 66.7 cm³/mol. The monoisotopic (exact) mass is 271 g/mol. The van der Waals surface area contributed by atoms with Gasteiger partial charge in [-0.05, 0) is 25.0 Å². The second-order valence-electron chi connectivity index (χ2n) is 4.01. The molecule has 0 saturated carbocycles. The maximum atomic E-state index is 12.8. The molecule has 2 rings (SSSR count). The Labute approximate surface area is 107 Å². The molecule has 1 aromatic carbocycles. The van der Waals surface area contributed by atoms with Gasteiger partial charge in [0.2, 0.25) is 0 Å². The van der Waals surface area contributed by atoms with E-state index in [-0.39, 0.29) is 5.56 Å². The van der Waals surface area contributed by atoms with E-state index in [9.17, 15) is 13.2 Å². The number of alkyl halides is 3. The van der Waals surface area contributed by atoms with Gasteiger partial charge in [0.15, 0.2) is 0 Å². The molecule has 2 aromatic rings. The van der Waals surface area contributed by atoms with Crippen molar-refractivity contribution in [1.82, 2.24) is 4.98 Å². The second kappa shape index (κ2) is 4.72. The van der Waals surface area contributed by atoms with E-state index in [2.05, 4.69) is 4.98 Å². The molecule has 0 atom stereocenters. The van der Waals surface area contributed by atoms with Crippen LogP contribution in [-0.4, -0.2) is 4.98 Å². The first-order chi connectivity index (χ1) is 8.41. The Morgan fingerprint density at radius 2 is 2.00 bits per heavy atom. The van der Waals surface area contributed by atoms with Gasteiger partial charge in [-0.2, -0.15) is 13.2 Å². The summed E-state index contributed by atoms with van der Waals surface area (Å²) in [6, 6.07) is 4.34. The fourth-order valence-electron chi connectivity index (χ4n) is 1.69. The molecule has 0 aliphatic heterocycles. The maximum Gasteiger partial charge on any atom is 0.416 e. The number of aromatic nitrogens is 1. The fourth-order valence-corrected chi connectivity index (χ4v) is 2.45. The summed E-state index contributed by atoms with van der Waals surface area (Å²) in [4.78, 5) is 4.30. The number of hydrogen-bond donors (Lipinski definition) is 0. The van der Waals surface area contributed by atoms with Gasteiger partial charge in [0.05, 0.1) is 16.3 Å².